The van der Waals surface area contributed by atoms with Gasteiger partial charge < -0.3 is 9.13 Å². The molecule has 0 aliphatic heterocycles. The molecule has 2 aliphatic rings. The molecule has 0 unspecified atom stereocenters. The van der Waals surface area contributed by atoms with E-state index >= 15 is 0 Å². The highest BCUT2D eigenvalue weighted by molar-refractivity contribution is 6.09. The zero-order chi connectivity index (χ0) is 32.2. The maximum absolute atomic E-state index is 10.2. The predicted molar refractivity (Wildman–Crippen MR) is 195 cm³/mol. The van der Waals surface area contributed by atoms with Crippen LogP contribution in [0.1, 0.15) is 46.5 Å². The number of benzene rings is 5. The number of hydrogen-bond acceptors (Lipinski definition) is 2. The van der Waals surface area contributed by atoms with Crippen molar-refractivity contribution in [1.82, 2.24) is 9.13 Å². The summed E-state index contributed by atoms with van der Waals surface area (Å²) in [5.41, 5.74) is 15.3. The van der Waals surface area contributed by atoms with Crippen molar-refractivity contribution < 1.29 is 0 Å². The van der Waals surface area contributed by atoms with Crippen molar-refractivity contribution in [1.29, 1.82) is 10.5 Å². The molecule has 0 saturated heterocycles. The first-order chi connectivity index (χ1) is 23.7. The van der Waals surface area contributed by atoms with Gasteiger partial charge in [-0.25, -0.2) is 0 Å². The first-order valence-electron chi connectivity index (χ1n) is 16.5. The summed E-state index contributed by atoms with van der Waals surface area (Å²) in [5, 5.41) is 21.9. The molecule has 0 atom stereocenters. The fourth-order valence-corrected chi connectivity index (χ4v) is 7.79. The third kappa shape index (κ3) is 4.28. The van der Waals surface area contributed by atoms with Crippen molar-refractivity contribution in [3.63, 3.8) is 0 Å². The lowest BCUT2D eigenvalue weighted by atomic mass is 9.94. The molecule has 0 N–H and O–H groups in total. The summed E-state index contributed by atoms with van der Waals surface area (Å²) in [6, 6.07) is 42.2. The Morgan fingerprint density at radius 1 is 0.542 bits per heavy atom. The molecule has 4 nitrogen and oxygen atoms in total. The average molecular weight is 615 g/mol. The van der Waals surface area contributed by atoms with E-state index in [1.165, 1.54) is 22.5 Å². The number of hydrogen-bond donors (Lipinski definition) is 0. The summed E-state index contributed by atoms with van der Waals surface area (Å²) in [6.07, 6.45) is 13.5. The number of para-hydroxylation sites is 2. The zero-order valence-electron chi connectivity index (χ0n) is 26.3. The van der Waals surface area contributed by atoms with Crippen molar-refractivity contribution in [2.75, 3.05) is 0 Å². The number of allylic oxidation sites excluding steroid dienone is 2. The monoisotopic (exact) mass is 614 g/mol. The lowest BCUT2D eigenvalue weighted by Gasteiger charge is -2.18. The first-order valence-corrected chi connectivity index (χ1v) is 16.5. The van der Waals surface area contributed by atoms with Crippen LogP contribution in [0, 0.1) is 22.7 Å². The van der Waals surface area contributed by atoms with Crippen molar-refractivity contribution in [2.45, 2.75) is 25.7 Å². The lowest BCUT2D eigenvalue weighted by Crippen LogP contribution is -2.04. The fourth-order valence-electron chi connectivity index (χ4n) is 7.79. The van der Waals surface area contributed by atoms with Gasteiger partial charge in [0, 0.05) is 39.0 Å². The van der Waals surface area contributed by atoms with Crippen LogP contribution in [0.5, 0.6) is 0 Å². The molecule has 5 aromatic carbocycles. The number of rotatable bonds is 4. The molecule has 2 aromatic heterocycles. The predicted octanol–water partition coefficient (Wildman–Crippen LogP) is 10.6. The standard InChI is InChI=1S/C44H30N4/c45-27-29-17-24-44-39(25-29)37-12-4-6-14-41(37)47(44)33-22-20-30(21-23-33)38-26-31(18-19-32(38)28-46)34-9-1-5-13-40(34)48-42-15-7-2-10-35(42)36-11-3-8-16-43(36)48/h1,4-9,12-26H,2-3,10-11H2. The molecular weight excluding hydrogens is 585 g/mol. The van der Waals surface area contributed by atoms with Crippen molar-refractivity contribution in [2.24, 2.45) is 0 Å². The highest BCUT2D eigenvalue weighted by atomic mass is 15.0. The molecule has 0 saturated carbocycles. The van der Waals surface area contributed by atoms with E-state index in [0.29, 0.717) is 11.1 Å². The maximum Gasteiger partial charge on any atom is 0.0998 e. The average Bonchev–Trinajstić information content (AvgIpc) is 3.67. The van der Waals surface area contributed by atoms with Crippen LogP contribution in [0.4, 0.5) is 0 Å². The van der Waals surface area contributed by atoms with Crippen LogP contribution in [0.2, 0.25) is 0 Å². The molecule has 0 radical (unpaired) electrons. The van der Waals surface area contributed by atoms with E-state index in [2.05, 4.69) is 118 Å². The van der Waals surface area contributed by atoms with Gasteiger partial charge in [-0.3, -0.25) is 0 Å². The van der Waals surface area contributed by atoms with Crippen molar-refractivity contribution in [3.05, 3.63) is 155 Å². The SMILES string of the molecule is N#Cc1ccc2c(c1)c1ccccc1n2-c1ccc(-c2cc(-c3ccccc3-n3c4c(c5c3C=CCC5)CCC=C4)ccc2C#N)cc1. The summed E-state index contributed by atoms with van der Waals surface area (Å²) in [7, 11) is 0. The molecule has 2 heterocycles. The van der Waals surface area contributed by atoms with Crippen LogP contribution in [-0.4, -0.2) is 9.13 Å². The highest BCUT2D eigenvalue weighted by Crippen LogP contribution is 2.40. The largest absolute Gasteiger partial charge is 0.309 e. The highest BCUT2D eigenvalue weighted by Gasteiger charge is 2.25. The minimum Gasteiger partial charge on any atom is -0.309 e. The van der Waals surface area contributed by atoms with Gasteiger partial charge in [-0.2, -0.15) is 10.5 Å². The van der Waals surface area contributed by atoms with Crippen LogP contribution in [0.15, 0.2) is 121 Å². The second-order valence-corrected chi connectivity index (χ2v) is 12.6. The summed E-state index contributed by atoms with van der Waals surface area (Å²) in [5.74, 6) is 0. The molecule has 0 fully saturated rings. The van der Waals surface area contributed by atoms with Gasteiger partial charge in [0.2, 0.25) is 0 Å². The molecule has 0 bridgehead atoms. The Morgan fingerprint density at radius 3 is 1.98 bits per heavy atom. The van der Waals surface area contributed by atoms with E-state index in [1.54, 1.807) is 0 Å². The van der Waals surface area contributed by atoms with Crippen LogP contribution in [0.25, 0.3) is 67.6 Å². The molecule has 0 spiro atoms. The number of fused-ring (bicyclic) bond motifs is 6. The van der Waals surface area contributed by atoms with Crippen LogP contribution >= 0.6 is 0 Å². The van der Waals surface area contributed by atoms with Gasteiger partial charge in [-0.05, 0) is 115 Å². The number of aromatic nitrogens is 2. The van der Waals surface area contributed by atoms with Crippen LogP contribution in [-0.2, 0) is 12.8 Å². The van der Waals surface area contributed by atoms with E-state index in [4.69, 9.17) is 0 Å². The third-order valence-corrected chi connectivity index (χ3v) is 9.97. The maximum atomic E-state index is 10.2. The Bertz CT molecular complexity index is 2540. The Kier molecular flexibility index (Phi) is 6.49. The molecular formula is C44H30N4. The second-order valence-electron chi connectivity index (χ2n) is 12.6. The third-order valence-electron chi connectivity index (χ3n) is 9.97. The molecule has 2 aliphatic carbocycles. The van der Waals surface area contributed by atoms with Gasteiger partial charge in [0.15, 0.2) is 0 Å². The summed E-state index contributed by atoms with van der Waals surface area (Å²) in [6.45, 7) is 0. The quantitative estimate of drug-likeness (QED) is 0.198. The summed E-state index contributed by atoms with van der Waals surface area (Å²) < 4.78 is 4.69. The minimum absolute atomic E-state index is 0.645. The van der Waals surface area contributed by atoms with Gasteiger partial charge >= 0.3 is 0 Å². The van der Waals surface area contributed by atoms with E-state index in [0.717, 1.165) is 81.1 Å². The Balaban J connectivity index is 1.16. The number of nitriles is 2. The Hall–Kier alpha value is -6.36. The molecule has 48 heavy (non-hydrogen) atoms. The topological polar surface area (TPSA) is 57.4 Å². The van der Waals surface area contributed by atoms with E-state index in [9.17, 15) is 10.5 Å². The molecule has 4 heteroatoms. The minimum atomic E-state index is 0.645. The summed E-state index contributed by atoms with van der Waals surface area (Å²) in [4.78, 5) is 0. The van der Waals surface area contributed by atoms with E-state index in [-0.39, 0.29) is 0 Å². The van der Waals surface area contributed by atoms with Crippen LogP contribution < -0.4 is 0 Å². The van der Waals surface area contributed by atoms with E-state index in [1.807, 2.05) is 36.4 Å². The van der Waals surface area contributed by atoms with E-state index < -0.39 is 0 Å². The summed E-state index contributed by atoms with van der Waals surface area (Å²) >= 11 is 0. The number of nitrogens with zero attached hydrogens (tertiary/aromatic N) is 4. The van der Waals surface area contributed by atoms with Gasteiger partial charge in [0.25, 0.3) is 0 Å². The fraction of sp³-hybridized carbons (Fsp3) is 0.0909. The molecule has 226 valence electrons. The lowest BCUT2D eigenvalue weighted by molar-refractivity contribution is 0.922. The Morgan fingerprint density at radius 2 is 1.23 bits per heavy atom. The molecule has 7 aromatic rings. The van der Waals surface area contributed by atoms with Crippen LogP contribution in [0.3, 0.4) is 0 Å². The smallest absolute Gasteiger partial charge is 0.0998 e. The van der Waals surface area contributed by atoms with Gasteiger partial charge in [-0.15, -0.1) is 0 Å². The second kappa shape index (κ2) is 11.2. The normalized spacial score (nSPS) is 13.3. The van der Waals surface area contributed by atoms with Gasteiger partial charge in [-0.1, -0.05) is 66.7 Å². The molecule has 9 rings (SSSR count). The first kappa shape index (κ1) is 27.9. The van der Waals surface area contributed by atoms with Gasteiger partial charge in [0.1, 0.15) is 0 Å². The van der Waals surface area contributed by atoms with Crippen molar-refractivity contribution in [3.8, 4) is 45.8 Å². The molecule has 0 amide bonds. The van der Waals surface area contributed by atoms with Crippen molar-refractivity contribution >= 4 is 34.0 Å². The Labute approximate surface area is 279 Å². The van der Waals surface area contributed by atoms with Gasteiger partial charge in [0.05, 0.1) is 40.0 Å². The zero-order valence-corrected chi connectivity index (χ0v) is 26.3.